The van der Waals surface area contributed by atoms with Crippen LogP contribution < -0.4 is 10.6 Å². The monoisotopic (exact) mass is 491 g/mol. The SMILES string of the molecule is O=S1(=O)CCN(CCCNc2nc(Nc3ccc(F)c(Cl)c3)ncc2-c2cncnc2)CC1. The van der Waals surface area contributed by atoms with E-state index in [-0.39, 0.29) is 16.5 Å². The summed E-state index contributed by atoms with van der Waals surface area (Å²) in [4.78, 5) is 19.2. The number of nitrogens with one attached hydrogen (secondary N) is 2. The summed E-state index contributed by atoms with van der Waals surface area (Å²) in [6.45, 7) is 2.55. The van der Waals surface area contributed by atoms with Crippen molar-refractivity contribution in [3.05, 3.63) is 54.0 Å². The fourth-order valence-electron chi connectivity index (χ4n) is 3.41. The average molecular weight is 492 g/mol. The Labute approximate surface area is 196 Å². The topological polar surface area (TPSA) is 113 Å². The van der Waals surface area contributed by atoms with Gasteiger partial charge >= 0.3 is 0 Å². The molecule has 1 fully saturated rings. The predicted molar refractivity (Wildman–Crippen MR) is 126 cm³/mol. The molecule has 0 spiro atoms. The van der Waals surface area contributed by atoms with Crippen molar-refractivity contribution >= 4 is 38.9 Å². The summed E-state index contributed by atoms with van der Waals surface area (Å²) in [5.41, 5.74) is 2.06. The Bertz CT molecular complexity index is 1200. The second kappa shape index (κ2) is 10.4. The Kier molecular flexibility index (Phi) is 7.31. The van der Waals surface area contributed by atoms with Gasteiger partial charge in [0.25, 0.3) is 0 Å². The molecule has 3 heterocycles. The molecule has 2 aromatic heterocycles. The summed E-state index contributed by atoms with van der Waals surface area (Å²) in [6, 6.07) is 4.28. The fraction of sp³-hybridized carbons (Fsp3) is 0.333. The molecule has 174 valence electrons. The molecule has 1 saturated heterocycles. The number of rotatable bonds is 8. The molecule has 1 aliphatic heterocycles. The van der Waals surface area contributed by atoms with Crippen LogP contribution in [0.3, 0.4) is 0 Å². The van der Waals surface area contributed by atoms with Gasteiger partial charge in [-0.1, -0.05) is 11.6 Å². The van der Waals surface area contributed by atoms with Gasteiger partial charge in [-0.2, -0.15) is 4.98 Å². The van der Waals surface area contributed by atoms with Gasteiger partial charge in [0.1, 0.15) is 18.0 Å². The van der Waals surface area contributed by atoms with Crippen molar-refractivity contribution in [3.63, 3.8) is 0 Å². The van der Waals surface area contributed by atoms with E-state index in [1.54, 1.807) is 24.7 Å². The highest BCUT2D eigenvalue weighted by Gasteiger charge is 2.21. The van der Waals surface area contributed by atoms with Crippen LogP contribution >= 0.6 is 11.6 Å². The minimum atomic E-state index is -2.88. The lowest BCUT2D eigenvalue weighted by atomic mass is 10.1. The van der Waals surface area contributed by atoms with Crippen LogP contribution in [0.4, 0.5) is 21.8 Å². The molecule has 0 radical (unpaired) electrons. The van der Waals surface area contributed by atoms with Crippen LogP contribution in [-0.4, -0.2) is 70.9 Å². The molecule has 4 rings (SSSR count). The molecule has 0 unspecified atom stereocenters. The zero-order valence-electron chi connectivity index (χ0n) is 17.7. The van der Waals surface area contributed by atoms with Crippen LogP contribution in [0.25, 0.3) is 11.1 Å². The third kappa shape index (κ3) is 6.34. The lowest BCUT2D eigenvalue weighted by Gasteiger charge is -2.26. The quantitative estimate of drug-likeness (QED) is 0.459. The number of halogens is 2. The third-order valence-electron chi connectivity index (χ3n) is 5.22. The molecule has 33 heavy (non-hydrogen) atoms. The van der Waals surface area contributed by atoms with Crippen molar-refractivity contribution in [2.75, 3.05) is 48.3 Å². The van der Waals surface area contributed by atoms with E-state index in [1.807, 2.05) is 0 Å². The molecular weight excluding hydrogens is 469 g/mol. The van der Waals surface area contributed by atoms with Crippen molar-refractivity contribution in [3.8, 4) is 11.1 Å². The van der Waals surface area contributed by atoms with Gasteiger partial charge in [-0.05, 0) is 31.2 Å². The molecule has 0 bridgehead atoms. The van der Waals surface area contributed by atoms with Crippen LogP contribution in [0.1, 0.15) is 6.42 Å². The molecule has 3 aromatic rings. The molecule has 1 aliphatic rings. The minimum Gasteiger partial charge on any atom is -0.369 e. The fourth-order valence-corrected chi connectivity index (χ4v) is 4.87. The normalized spacial score (nSPS) is 15.8. The average Bonchev–Trinajstić information content (AvgIpc) is 2.81. The van der Waals surface area contributed by atoms with Crippen molar-refractivity contribution in [2.45, 2.75) is 6.42 Å². The summed E-state index contributed by atoms with van der Waals surface area (Å²) in [5.74, 6) is 0.842. The summed E-state index contributed by atoms with van der Waals surface area (Å²) < 4.78 is 36.6. The molecule has 0 amide bonds. The first-order chi connectivity index (χ1) is 15.9. The van der Waals surface area contributed by atoms with Gasteiger partial charge in [-0.25, -0.2) is 27.8 Å². The lowest BCUT2D eigenvalue weighted by molar-refractivity contribution is 0.294. The standard InChI is InChI=1S/C21H23ClFN7O2S/c22-18-10-16(2-3-19(18)23)28-21-27-13-17(15-11-24-14-25-12-15)20(29-21)26-4-1-5-30-6-8-33(31,32)9-7-30/h2-3,10-14H,1,4-9H2,(H2,26,27,28,29). The highest BCUT2D eigenvalue weighted by Crippen LogP contribution is 2.27. The lowest BCUT2D eigenvalue weighted by Crippen LogP contribution is -2.41. The van der Waals surface area contributed by atoms with E-state index in [2.05, 4.69) is 35.5 Å². The van der Waals surface area contributed by atoms with Gasteiger partial charge in [-0.3, -0.25) is 0 Å². The maximum absolute atomic E-state index is 13.4. The van der Waals surface area contributed by atoms with E-state index >= 15 is 0 Å². The number of sulfone groups is 1. The van der Waals surface area contributed by atoms with Gasteiger partial charge in [0.05, 0.1) is 16.5 Å². The molecule has 1 aromatic carbocycles. The first-order valence-electron chi connectivity index (χ1n) is 10.4. The van der Waals surface area contributed by atoms with Gasteiger partial charge < -0.3 is 15.5 Å². The summed E-state index contributed by atoms with van der Waals surface area (Å²) in [7, 11) is -2.88. The Hall–Kier alpha value is -2.89. The van der Waals surface area contributed by atoms with Crippen LogP contribution in [0.15, 0.2) is 43.1 Å². The highest BCUT2D eigenvalue weighted by atomic mass is 35.5. The van der Waals surface area contributed by atoms with Crippen LogP contribution in [0.5, 0.6) is 0 Å². The van der Waals surface area contributed by atoms with E-state index in [1.165, 1.54) is 18.5 Å². The van der Waals surface area contributed by atoms with Crippen molar-refractivity contribution in [1.82, 2.24) is 24.8 Å². The first-order valence-corrected chi connectivity index (χ1v) is 12.6. The number of benzene rings is 1. The van der Waals surface area contributed by atoms with Gasteiger partial charge in [0.2, 0.25) is 5.95 Å². The molecule has 2 N–H and O–H groups in total. The number of nitrogens with zero attached hydrogens (tertiary/aromatic N) is 5. The largest absolute Gasteiger partial charge is 0.369 e. The highest BCUT2D eigenvalue weighted by molar-refractivity contribution is 7.91. The van der Waals surface area contributed by atoms with Gasteiger partial charge in [-0.15, -0.1) is 0 Å². The van der Waals surface area contributed by atoms with Gasteiger partial charge in [0.15, 0.2) is 9.84 Å². The molecule has 9 nitrogen and oxygen atoms in total. The number of hydrogen-bond acceptors (Lipinski definition) is 9. The van der Waals surface area contributed by atoms with Gasteiger partial charge in [0, 0.05) is 55.0 Å². The molecule has 0 aliphatic carbocycles. The van der Waals surface area contributed by atoms with E-state index in [4.69, 9.17) is 11.6 Å². The predicted octanol–water partition coefficient (Wildman–Crippen LogP) is 3.00. The Morgan fingerprint density at radius 1 is 1.12 bits per heavy atom. The minimum absolute atomic E-state index is 0.00177. The number of aromatic nitrogens is 4. The van der Waals surface area contributed by atoms with Crippen LogP contribution in [0, 0.1) is 5.82 Å². The Balaban J connectivity index is 1.45. The van der Waals surface area contributed by atoms with Crippen molar-refractivity contribution < 1.29 is 12.8 Å². The smallest absolute Gasteiger partial charge is 0.229 e. The summed E-state index contributed by atoms with van der Waals surface area (Å²) >= 11 is 5.86. The van der Waals surface area contributed by atoms with Crippen LogP contribution in [-0.2, 0) is 9.84 Å². The molecule has 0 atom stereocenters. The summed E-state index contributed by atoms with van der Waals surface area (Å²) in [6.07, 6.45) is 7.28. The van der Waals surface area contributed by atoms with E-state index < -0.39 is 15.7 Å². The van der Waals surface area contributed by atoms with E-state index in [0.717, 1.165) is 24.1 Å². The van der Waals surface area contributed by atoms with Crippen molar-refractivity contribution in [2.24, 2.45) is 0 Å². The van der Waals surface area contributed by atoms with Crippen molar-refractivity contribution in [1.29, 1.82) is 0 Å². The zero-order valence-corrected chi connectivity index (χ0v) is 19.3. The maximum Gasteiger partial charge on any atom is 0.229 e. The zero-order chi connectivity index (χ0) is 23.3. The van der Waals surface area contributed by atoms with E-state index in [9.17, 15) is 12.8 Å². The van der Waals surface area contributed by atoms with Crippen LogP contribution in [0.2, 0.25) is 5.02 Å². The Morgan fingerprint density at radius 3 is 2.61 bits per heavy atom. The summed E-state index contributed by atoms with van der Waals surface area (Å²) in [5, 5.41) is 6.37. The Morgan fingerprint density at radius 2 is 1.88 bits per heavy atom. The number of hydrogen-bond donors (Lipinski definition) is 2. The first kappa shape index (κ1) is 23.3. The van der Waals surface area contributed by atoms with E-state index in [0.29, 0.717) is 37.1 Å². The molecule has 0 saturated carbocycles. The second-order valence-corrected chi connectivity index (χ2v) is 10.3. The molecular formula is C21H23ClFN7O2S. The maximum atomic E-state index is 13.4. The number of anilines is 3. The second-order valence-electron chi connectivity index (χ2n) is 7.61. The molecule has 12 heteroatoms. The third-order valence-corrected chi connectivity index (χ3v) is 7.12.